The highest BCUT2D eigenvalue weighted by Gasteiger charge is 2.25. The summed E-state index contributed by atoms with van der Waals surface area (Å²) in [7, 11) is 0. The normalized spacial score (nSPS) is 12.3. The van der Waals surface area contributed by atoms with Gasteiger partial charge in [0, 0.05) is 23.5 Å². The molecule has 0 aromatic heterocycles. The summed E-state index contributed by atoms with van der Waals surface area (Å²) in [5.41, 5.74) is 13.7. The van der Waals surface area contributed by atoms with Gasteiger partial charge in [0.05, 0.1) is 0 Å². The molecule has 10 rings (SSSR count). The van der Waals surface area contributed by atoms with Crippen molar-refractivity contribution in [3.05, 3.63) is 199 Å². The molecule has 50 heavy (non-hydrogen) atoms. The van der Waals surface area contributed by atoms with Crippen LogP contribution in [0.25, 0.3) is 65.7 Å². The van der Waals surface area contributed by atoms with Crippen LogP contribution in [0.5, 0.6) is 0 Å². The quantitative estimate of drug-likeness (QED) is 0.174. The van der Waals surface area contributed by atoms with Crippen LogP contribution in [0.15, 0.2) is 188 Å². The van der Waals surface area contributed by atoms with Crippen LogP contribution in [0, 0.1) is 0 Å². The number of para-hydroxylation sites is 2. The van der Waals surface area contributed by atoms with Crippen molar-refractivity contribution in [2.75, 3.05) is 4.90 Å². The lowest BCUT2D eigenvalue weighted by atomic mass is 9.81. The summed E-state index contributed by atoms with van der Waals surface area (Å²) in [6.45, 7) is 0. The monoisotopic (exact) mass is 635 g/mol. The molecule has 234 valence electrons. The minimum absolute atomic E-state index is 0.947. The van der Waals surface area contributed by atoms with E-state index in [0.29, 0.717) is 0 Å². The molecule has 0 radical (unpaired) electrons. The van der Waals surface area contributed by atoms with Crippen LogP contribution in [0.1, 0.15) is 11.1 Å². The Labute approximate surface area is 292 Å². The number of benzene rings is 9. The fourth-order valence-electron chi connectivity index (χ4n) is 8.24. The van der Waals surface area contributed by atoms with E-state index in [4.69, 9.17) is 0 Å². The van der Waals surface area contributed by atoms with Gasteiger partial charge in [0.15, 0.2) is 0 Å². The van der Waals surface area contributed by atoms with Crippen LogP contribution < -0.4 is 4.90 Å². The van der Waals surface area contributed by atoms with Gasteiger partial charge in [-0.25, -0.2) is 0 Å². The Kier molecular flexibility index (Phi) is 6.63. The lowest BCUT2D eigenvalue weighted by molar-refractivity contribution is 1.09. The number of hydrogen-bond donors (Lipinski definition) is 0. The molecule has 1 aliphatic heterocycles. The first-order valence-electron chi connectivity index (χ1n) is 17.4. The molecule has 0 bridgehead atoms. The average molecular weight is 636 g/mol. The summed E-state index contributed by atoms with van der Waals surface area (Å²) < 4.78 is 0. The lowest BCUT2D eigenvalue weighted by Gasteiger charge is -2.33. The van der Waals surface area contributed by atoms with Gasteiger partial charge in [-0.2, -0.15) is 0 Å². The summed E-state index contributed by atoms with van der Waals surface area (Å²) in [5.74, 6) is 0. The lowest BCUT2D eigenvalue weighted by Crippen LogP contribution is -2.18. The van der Waals surface area contributed by atoms with Crippen LogP contribution in [-0.4, -0.2) is 0 Å². The molecule has 0 saturated heterocycles. The largest absolute Gasteiger partial charge is 0.310 e. The molecule has 1 nitrogen and oxygen atoms in total. The minimum Gasteiger partial charge on any atom is -0.310 e. The van der Waals surface area contributed by atoms with Gasteiger partial charge >= 0.3 is 0 Å². The summed E-state index contributed by atoms with van der Waals surface area (Å²) in [6, 6.07) is 69.0. The Bertz CT molecular complexity index is 2660. The molecule has 0 fully saturated rings. The Morgan fingerprint density at radius 1 is 0.340 bits per heavy atom. The van der Waals surface area contributed by atoms with E-state index in [-0.39, 0.29) is 0 Å². The fraction of sp³-hybridized carbons (Fsp3) is 0.0204. The molecule has 0 atom stereocenters. The molecule has 0 aliphatic carbocycles. The fourth-order valence-corrected chi connectivity index (χ4v) is 8.24. The summed E-state index contributed by atoms with van der Waals surface area (Å²) >= 11 is 0. The first kappa shape index (κ1) is 28.6. The van der Waals surface area contributed by atoms with E-state index < -0.39 is 0 Å². The summed E-state index contributed by atoms with van der Waals surface area (Å²) in [5, 5.41) is 7.69. The third-order valence-electron chi connectivity index (χ3n) is 10.4. The predicted molar refractivity (Wildman–Crippen MR) is 213 cm³/mol. The number of nitrogens with zero attached hydrogens (tertiary/aromatic N) is 1. The smallest absolute Gasteiger partial charge is 0.0497 e. The highest BCUT2D eigenvalue weighted by atomic mass is 15.2. The molecule has 1 heterocycles. The van der Waals surface area contributed by atoms with Crippen molar-refractivity contribution >= 4 is 49.4 Å². The van der Waals surface area contributed by atoms with Crippen LogP contribution >= 0.6 is 0 Å². The second-order valence-electron chi connectivity index (χ2n) is 13.2. The molecule has 1 aliphatic rings. The maximum Gasteiger partial charge on any atom is 0.0497 e. The van der Waals surface area contributed by atoms with Crippen molar-refractivity contribution in [1.82, 2.24) is 0 Å². The van der Waals surface area contributed by atoms with Gasteiger partial charge in [-0.3, -0.25) is 0 Å². The van der Waals surface area contributed by atoms with E-state index in [1.54, 1.807) is 0 Å². The zero-order chi connectivity index (χ0) is 33.0. The molecular weight excluding hydrogens is 603 g/mol. The minimum atomic E-state index is 0.947. The molecule has 9 aromatic rings. The Morgan fingerprint density at radius 3 is 1.38 bits per heavy atom. The van der Waals surface area contributed by atoms with E-state index in [0.717, 1.165) is 12.1 Å². The van der Waals surface area contributed by atoms with Gasteiger partial charge in [-0.1, -0.05) is 158 Å². The van der Waals surface area contributed by atoms with Gasteiger partial charge in [0.25, 0.3) is 0 Å². The van der Waals surface area contributed by atoms with Crippen LogP contribution in [0.4, 0.5) is 17.1 Å². The zero-order valence-electron chi connectivity index (χ0n) is 27.6. The van der Waals surface area contributed by atoms with Crippen molar-refractivity contribution in [1.29, 1.82) is 0 Å². The SMILES string of the molecule is c1ccc(-c2cc(-c3ccccc3)c3c4ccccc4c4ccccc4c3c2-c2ccc(N3c4ccccc4Cc4ccccc43)cc2)cc1. The third-order valence-corrected chi connectivity index (χ3v) is 10.4. The van der Waals surface area contributed by atoms with E-state index in [2.05, 4.69) is 193 Å². The van der Waals surface area contributed by atoms with E-state index >= 15 is 0 Å². The Morgan fingerprint density at radius 2 is 0.800 bits per heavy atom. The number of rotatable bonds is 4. The Hall–Kier alpha value is -6.44. The van der Waals surface area contributed by atoms with E-state index in [1.807, 2.05) is 0 Å². The molecule has 9 aromatic carbocycles. The van der Waals surface area contributed by atoms with Gasteiger partial charge in [-0.05, 0) is 107 Å². The highest BCUT2D eigenvalue weighted by Crippen LogP contribution is 2.50. The highest BCUT2D eigenvalue weighted by molar-refractivity contribution is 6.33. The second kappa shape index (κ2) is 11.6. The van der Waals surface area contributed by atoms with E-state index in [1.165, 1.54) is 88.2 Å². The van der Waals surface area contributed by atoms with Crippen LogP contribution in [0.2, 0.25) is 0 Å². The van der Waals surface area contributed by atoms with Gasteiger partial charge in [-0.15, -0.1) is 0 Å². The molecule has 1 heteroatoms. The first-order chi connectivity index (χ1) is 24.8. The average Bonchev–Trinajstić information content (AvgIpc) is 3.20. The summed E-state index contributed by atoms with van der Waals surface area (Å²) in [6.07, 6.45) is 0.947. The topological polar surface area (TPSA) is 3.24 Å². The standard InChI is InChI=1S/C49H33N/c1-3-15-33(16-4-1)43-32-44(34-17-5-2-6-18-34)48-41-23-11-9-21-39(41)40-22-10-12-24-42(40)49(48)47(43)35-27-29-38(30-28-35)50-45-25-13-7-19-36(45)31-37-20-8-14-26-46(37)50/h1-30,32H,31H2. The third kappa shape index (κ3) is 4.48. The van der Waals surface area contributed by atoms with E-state index in [9.17, 15) is 0 Å². The molecule has 0 spiro atoms. The van der Waals surface area contributed by atoms with Gasteiger partial charge < -0.3 is 4.90 Å². The van der Waals surface area contributed by atoms with Crippen molar-refractivity contribution in [2.45, 2.75) is 6.42 Å². The number of fused-ring (bicyclic) bond motifs is 8. The Balaban J connectivity index is 1.30. The van der Waals surface area contributed by atoms with Gasteiger partial charge in [0.2, 0.25) is 0 Å². The molecule has 0 amide bonds. The maximum absolute atomic E-state index is 2.44. The van der Waals surface area contributed by atoms with Crippen molar-refractivity contribution in [2.24, 2.45) is 0 Å². The van der Waals surface area contributed by atoms with Crippen LogP contribution in [-0.2, 0) is 6.42 Å². The second-order valence-corrected chi connectivity index (χ2v) is 13.2. The molecule has 0 N–H and O–H groups in total. The summed E-state index contributed by atoms with van der Waals surface area (Å²) in [4.78, 5) is 2.43. The molecule has 0 saturated carbocycles. The predicted octanol–water partition coefficient (Wildman–Crippen LogP) is 13.5. The molecule has 0 unspecified atom stereocenters. The zero-order valence-corrected chi connectivity index (χ0v) is 27.6. The maximum atomic E-state index is 2.44. The molecular formula is C49H33N. The first-order valence-corrected chi connectivity index (χ1v) is 17.4. The van der Waals surface area contributed by atoms with Crippen LogP contribution in [0.3, 0.4) is 0 Å². The number of hydrogen-bond acceptors (Lipinski definition) is 1. The van der Waals surface area contributed by atoms with Crippen molar-refractivity contribution in [3.8, 4) is 33.4 Å². The van der Waals surface area contributed by atoms with Crippen molar-refractivity contribution in [3.63, 3.8) is 0 Å². The van der Waals surface area contributed by atoms with Gasteiger partial charge in [0.1, 0.15) is 0 Å². The number of anilines is 3. The van der Waals surface area contributed by atoms with Crippen molar-refractivity contribution < 1.29 is 0 Å².